The Kier molecular flexibility index (Phi) is 4.70. The van der Waals surface area contributed by atoms with Crippen LogP contribution < -0.4 is 10.2 Å². The molecule has 2 heterocycles. The lowest BCUT2D eigenvalue weighted by Gasteiger charge is -2.27. The molecule has 3 rings (SSSR count). The maximum Gasteiger partial charge on any atom is 0.225 e. The second kappa shape index (κ2) is 6.71. The number of hydrogen-bond donors (Lipinski definition) is 1. The Morgan fingerprint density at radius 3 is 2.71 bits per heavy atom. The summed E-state index contributed by atoms with van der Waals surface area (Å²) < 4.78 is 5.42. The molecule has 0 spiro atoms. The van der Waals surface area contributed by atoms with Crippen LogP contribution in [0.25, 0.3) is 0 Å². The molecule has 5 nitrogen and oxygen atoms in total. The zero-order valence-electron chi connectivity index (χ0n) is 13.1. The molecule has 0 bridgehead atoms. The first-order valence-corrected chi connectivity index (χ1v) is 8.07. The molecule has 2 aliphatic rings. The van der Waals surface area contributed by atoms with Gasteiger partial charge in [0.15, 0.2) is 0 Å². The van der Waals surface area contributed by atoms with Gasteiger partial charge in [-0.3, -0.25) is 0 Å². The molecular weight excluding hydrogens is 264 g/mol. The Labute approximate surface area is 127 Å². The highest BCUT2D eigenvalue weighted by molar-refractivity contribution is 5.32. The molecule has 116 valence electrons. The molecule has 1 aromatic heterocycles. The highest BCUT2D eigenvalue weighted by atomic mass is 16.5. The van der Waals surface area contributed by atoms with Gasteiger partial charge >= 0.3 is 0 Å². The lowest BCUT2D eigenvalue weighted by atomic mass is 10.00. The maximum atomic E-state index is 5.42. The highest BCUT2D eigenvalue weighted by Gasteiger charge is 2.21. The van der Waals surface area contributed by atoms with Crippen LogP contribution in [0.1, 0.15) is 36.9 Å². The van der Waals surface area contributed by atoms with Gasteiger partial charge in [-0.05, 0) is 38.5 Å². The van der Waals surface area contributed by atoms with E-state index in [9.17, 15) is 0 Å². The summed E-state index contributed by atoms with van der Waals surface area (Å²) in [4.78, 5) is 11.4. The Hall–Kier alpha value is -1.20. The van der Waals surface area contributed by atoms with Crippen molar-refractivity contribution in [2.24, 2.45) is 5.92 Å². The van der Waals surface area contributed by atoms with Crippen molar-refractivity contribution in [3.05, 3.63) is 17.5 Å². The number of nitrogens with one attached hydrogen (secondary N) is 1. The summed E-state index contributed by atoms with van der Waals surface area (Å²) in [6, 6.07) is 0.722. The van der Waals surface area contributed by atoms with E-state index in [4.69, 9.17) is 4.74 Å². The monoisotopic (exact) mass is 290 g/mol. The van der Waals surface area contributed by atoms with Gasteiger partial charge in [-0.25, -0.2) is 9.97 Å². The van der Waals surface area contributed by atoms with Gasteiger partial charge in [-0.15, -0.1) is 0 Å². The first-order valence-electron chi connectivity index (χ1n) is 8.07. The quantitative estimate of drug-likeness (QED) is 0.867. The first-order chi connectivity index (χ1) is 10.2. The molecule has 1 saturated heterocycles. The second-order valence-electron chi connectivity index (χ2n) is 6.37. The highest BCUT2D eigenvalue weighted by Crippen LogP contribution is 2.21. The van der Waals surface area contributed by atoms with Crippen LogP contribution >= 0.6 is 0 Å². The molecular formula is C16H26N4O. The number of rotatable bonds is 6. The molecule has 1 aromatic rings. The third-order valence-corrected chi connectivity index (χ3v) is 4.44. The van der Waals surface area contributed by atoms with Gasteiger partial charge in [0.25, 0.3) is 0 Å². The number of anilines is 1. The number of nitrogens with zero attached hydrogens (tertiary/aromatic N) is 3. The van der Waals surface area contributed by atoms with Crippen molar-refractivity contribution in [1.29, 1.82) is 0 Å². The van der Waals surface area contributed by atoms with Crippen LogP contribution in [0.15, 0.2) is 6.20 Å². The summed E-state index contributed by atoms with van der Waals surface area (Å²) in [5, 5.41) is 3.52. The van der Waals surface area contributed by atoms with Crippen molar-refractivity contribution < 1.29 is 4.74 Å². The zero-order valence-corrected chi connectivity index (χ0v) is 13.1. The van der Waals surface area contributed by atoms with Gasteiger partial charge in [0.1, 0.15) is 0 Å². The van der Waals surface area contributed by atoms with Crippen molar-refractivity contribution in [2.75, 3.05) is 31.7 Å². The van der Waals surface area contributed by atoms with Crippen molar-refractivity contribution >= 4 is 5.95 Å². The summed E-state index contributed by atoms with van der Waals surface area (Å²) in [5.74, 6) is 1.54. The lowest BCUT2D eigenvalue weighted by Crippen LogP contribution is -2.31. The molecule has 0 atom stereocenters. The van der Waals surface area contributed by atoms with E-state index in [0.717, 1.165) is 56.8 Å². The van der Waals surface area contributed by atoms with Crippen LogP contribution in [0.4, 0.5) is 5.95 Å². The number of aryl methyl sites for hydroxylation is 1. The second-order valence-corrected chi connectivity index (χ2v) is 6.37. The third-order valence-electron chi connectivity index (χ3n) is 4.44. The van der Waals surface area contributed by atoms with Gasteiger partial charge in [0, 0.05) is 56.8 Å². The molecule has 1 aliphatic heterocycles. The SMILES string of the molecule is Cc1nc(N(C)CC2CCOCC2)ncc1CNC1CC1. The van der Waals surface area contributed by atoms with E-state index in [2.05, 4.69) is 34.2 Å². The molecule has 0 aromatic carbocycles. The molecule has 1 aliphatic carbocycles. The van der Waals surface area contributed by atoms with Crippen LogP contribution in [0.3, 0.4) is 0 Å². The van der Waals surface area contributed by atoms with E-state index in [-0.39, 0.29) is 0 Å². The smallest absolute Gasteiger partial charge is 0.225 e. The standard InChI is InChI=1S/C16H26N4O/c1-12-14(9-17-15-3-4-15)10-18-16(19-12)20(2)11-13-5-7-21-8-6-13/h10,13,15,17H,3-9,11H2,1-2H3. The number of ether oxygens (including phenoxy) is 1. The molecule has 0 amide bonds. The predicted molar refractivity (Wildman–Crippen MR) is 83.4 cm³/mol. The molecule has 2 fully saturated rings. The normalized spacial score (nSPS) is 19.7. The molecule has 5 heteroatoms. The van der Waals surface area contributed by atoms with E-state index in [0.29, 0.717) is 5.92 Å². The van der Waals surface area contributed by atoms with Crippen LogP contribution in [0.2, 0.25) is 0 Å². The van der Waals surface area contributed by atoms with E-state index < -0.39 is 0 Å². The molecule has 0 radical (unpaired) electrons. The fourth-order valence-corrected chi connectivity index (χ4v) is 2.78. The average Bonchev–Trinajstić information content (AvgIpc) is 3.31. The minimum absolute atomic E-state index is 0.698. The van der Waals surface area contributed by atoms with Crippen molar-refractivity contribution in [3.63, 3.8) is 0 Å². The maximum absolute atomic E-state index is 5.42. The van der Waals surface area contributed by atoms with Crippen molar-refractivity contribution in [3.8, 4) is 0 Å². The van der Waals surface area contributed by atoms with Crippen molar-refractivity contribution in [1.82, 2.24) is 15.3 Å². The average molecular weight is 290 g/mol. The topological polar surface area (TPSA) is 50.3 Å². The lowest BCUT2D eigenvalue weighted by molar-refractivity contribution is 0.0684. The fourth-order valence-electron chi connectivity index (χ4n) is 2.78. The van der Waals surface area contributed by atoms with Crippen molar-refractivity contribution in [2.45, 2.75) is 45.2 Å². The largest absolute Gasteiger partial charge is 0.381 e. The van der Waals surface area contributed by atoms with E-state index >= 15 is 0 Å². The fraction of sp³-hybridized carbons (Fsp3) is 0.750. The van der Waals surface area contributed by atoms with Gasteiger partial charge in [0.05, 0.1) is 0 Å². The van der Waals surface area contributed by atoms with Crippen LogP contribution in [0, 0.1) is 12.8 Å². The summed E-state index contributed by atoms with van der Waals surface area (Å²) in [6.07, 6.45) is 6.89. The van der Waals surface area contributed by atoms with Gasteiger partial charge in [-0.1, -0.05) is 0 Å². The number of hydrogen-bond acceptors (Lipinski definition) is 5. The Morgan fingerprint density at radius 2 is 2.05 bits per heavy atom. The molecule has 0 unspecified atom stereocenters. The summed E-state index contributed by atoms with van der Waals surface area (Å²) in [6.45, 7) is 5.77. The van der Waals surface area contributed by atoms with Gasteiger partial charge < -0.3 is 15.0 Å². The van der Waals surface area contributed by atoms with Crippen LogP contribution in [-0.2, 0) is 11.3 Å². The Balaban J connectivity index is 1.57. The Bertz CT molecular complexity index is 469. The van der Waals surface area contributed by atoms with E-state index in [1.54, 1.807) is 0 Å². The third kappa shape index (κ3) is 4.14. The van der Waals surface area contributed by atoms with E-state index in [1.807, 2.05) is 6.20 Å². The minimum atomic E-state index is 0.698. The number of aromatic nitrogens is 2. The van der Waals surface area contributed by atoms with Gasteiger partial charge in [-0.2, -0.15) is 0 Å². The summed E-state index contributed by atoms with van der Waals surface area (Å²) in [5.41, 5.74) is 2.30. The predicted octanol–water partition coefficient (Wildman–Crippen LogP) is 1.90. The summed E-state index contributed by atoms with van der Waals surface area (Å²) in [7, 11) is 2.09. The Morgan fingerprint density at radius 1 is 1.29 bits per heavy atom. The van der Waals surface area contributed by atoms with Crippen LogP contribution in [0.5, 0.6) is 0 Å². The minimum Gasteiger partial charge on any atom is -0.381 e. The summed E-state index contributed by atoms with van der Waals surface area (Å²) >= 11 is 0. The molecule has 21 heavy (non-hydrogen) atoms. The van der Waals surface area contributed by atoms with E-state index in [1.165, 1.54) is 18.4 Å². The van der Waals surface area contributed by atoms with Gasteiger partial charge in [0.2, 0.25) is 5.95 Å². The molecule has 1 N–H and O–H groups in total. The van der Waals surface area contributed by atoms with Crippen LogP contribution in [-0.4, -0.2) is 42.8 Å². The first kappa shape index (κ1) is 14.7. The zero-order chi connectivity index (χ0) is 14.7. The molecule has 1 saturated carbocycles.